The summed E-state index contributed by atoms with van der Waals surface area (Å²) in [5, 5.41) is 1.21. The van der Waals surface area contributed by atoms with Gasteiger partial charge in [-0.2, -0.15) is 4.31 Å². The Morgan fingerprint density at radius 2 is 1.81 bits per heavy atom. The molecule has 9 heteroatoms. The lowest BCUT2D eigenvalue weighted by Gasteiger charge is -2.34. The van der Waals surface area contributed by atoms with Crippen LogP contribution in [0.2, 0.25) is 0 Å². The molecule has 1 atom stereocenters. The highest BCUT2D eigenvalue weighted by Gasteiger charge is 2.38. The van der Waals surface area contributed by atoms with E-state index in [2.05, 4.69) is 0 Å². The quantitative estimate of drug-likeness (QED) is 0.679. The zero-order valence-corrected chi connectivity index (χ0v) is 17.9. The topological polar surface area (TPSA) is 91.1 Å². The minimum absolute atomic E-state index is 0.0676. The number of hydrogen-bond acceptors (Lipinski definition) is 5. The number of furan rings is 1. The van der Waals surface area contributed by atoms with Crippen LogP contribution in [-0.2, 0) is 26.2 Å². The number of sulfonamides is 1. The Morgan fingerprint density at radius 3 is 2.48 bits per heavy atom. The SMILES string of the molecule is O=C1CC(C(=O)N2CCN(S(=O)(=O)C=Cc3ccccc3)CC2)CN1Cc1ccco1. The van der Waals surface area contributed by atoms with Gasteiger partial charge in [-0.05, 0) is 23.8 Å². The van der Waals surface area contributed by atoms with Gasteiger partial charge in [0, 0.05) is 44.6 Å². The van der Waals surface area contributed by atoms with Gasteiger partial charge in [0.15, 0.2) is 0 Å². The fraction of sp³-hybridized carbons (Fsp3) is 0.364. The number of benzene rings is 1. The van der Waals surface area contributed by atoms with E-state index in [1.807, 2.05) is 30.3 Å². The molecule has 2 aromatic rings. The summed E-state index contributed by atoms with van der Waals surface area (Å²) in [7, 11) is -3.55. The van der Waals surface area contributed by atoms with Gasteiger partial charge in [-0.1, -0.05) is 30.3 Å². The summed E-state index contributed by atoms with van der Waals surface area (Å²) >= 11 is 0. The van der Waals surface area contributed by atoms with Crippen molar-refractivity contribution in [2.75, 3.05) is 32.7 Å². The molecule has 2 aliphatic heterocycles. The fourth-order valence-corrected chi connectivity index (χ4v) is 5.09. The number of carbonyl (C=O) groups excluding carboxylic acids is 2. The van der Waals surface area contributed by atoms with Crippen molar-refractivity contribution in [2.24, 2.45) is 5.92 Å². The molecule has 1 aromatic heterocycles. The largest absolute Gasteiger partial charge is 0.467 e. The Hall–Kier alpha value is -2.91. The molecule has 3 heterocycles. The standard InChI is InChI=1S/C22H25N3O5S/c26-21-15-19(16-24(21)17-20-7-4-13-30-20)22(27)23-9-11-25(12-10-23)31(28,29)14-8-18-5-2-1-3-6-18/h1-8,13-14,19H,9-12,15-17H2. The van der Waals surface area contributed by atoms with Gasteiger partial charge in [0.1, 0.15) is 5.76 Å². The summed E-state index contributed by atoms with van der Waals surface area (Å²) in [6, 6.07) is 12.8. The molecule has 0 aliphatic carbocycles. The van der Waals surface area contributed by atoms with E-state index in [0.717, 1.165) is 5.56 Å². The van der Waals surface area contributed by atoms with Crippen molar-refractivity contribution in [2.45, 2.75) is 13.0 Å². The second-order valence-electron chi connectivity index (χ2n) is 7.74. The van der Waals surface area contributed by atoms with Gasteiger partial charge >= 0.3 is 0 Å². The molecule has 2 saturated heterocycles. The van der Waals surface area contributed by atoms with E-state index in [4.69, 9.17) is 4.42 Å². The fourth-order valence-electron chi connectivity index (χ4n) is 3.92. The Labute approximate surface area is 181 Å². The summed E-state index contributed by atoms with van der Waals surface area (Å²) in [6.45, 7) is 1.83. The number of rotatable bonds is 6. The zero-order valence-electron chi connectivity index (χ0n) is 17.1. The van der Waals surface area contributed by atoms with Gasteiger partial charge < -0.3 is 14.2 Å². The van der Waals surface area contributed by atoms with Crippen molar-refractivity contribution in [3.8, 4) is 0 Å². The van der Waals surface area contributed by atoms with Crippen molar-refractivity contribution in [3.63, 3.8) is 0 Å². The smallest absolute Gasteiger partial charge is 0.236 e. The highest BCUT2D eigenvalue weighted by Crippen LogP contribution is 2.23. The molecule has 164 valence electrons. The third kappa shape index (κ3) is 5.05. The first-order valence-corrected chi connectivity index (χ1v) is 11.7. The van der Waals surface area contributed by atoms with Gasteiger partial charge in [0.2, 0.25) is 21.8 Å². The summed E-state index contributed by atoms with van der Waals surface area (Å²) in [5.41, 5.74) is 0.810. The van der Waals surface area contributed by atoms with Gasteiger partial charge in [0.05, 0.1) is 18.7 Å². The number of hydrogen-bond donors (Lipinski definition) is 0. The first-order chi connectivity index (χ1) is 14.9. The number of piperazine rings is 1. The molecule has 1 unspecified atom stereocenters. The summed E-state index contributed by atoms with van der Waals surface area (Å²) in [6.07, 6.45) is 3.31. The molecular weight excluding hydrogens is 418 g/mol. The lowest BCUT2D eigenvalue weighted by Crippen LogP contribution is -2.51. The lowest BCUT2D eigenvalue weighted by molar-refractivity contribution is -0.137. The molecule has 0 spiro atoms. The third-order valence-corrected chi connectivity index (χ3v) is 7.20. The predicted octanol–water partition coefficient (Wildman–Crippen LogP) is 1.77. The van der Waals surface area contributed by atoms with E-state index in [9.17, 15) is 18.0 Å². The highest BCUT2D eigenvalue weighted by atomic mass is 32.2. The predicted molar refractivity (Wildman–Crippen MR) is 115 cm³/mol. The maximum Gasteiger partial charge on any atom is 0.236 e. The summed E-state index contributed by atoms with van der Waals surface area (Å²) in [4.78, 5) is 28.5. The van der Waals surface area contributed by atoms with Crippen molar-refractivity contribution >= 4 is 27.9 Å². The number of likely N-dealkylation sites (tertiary alicyclic amines) is 1. The molecule has 31 heavy (non-hydrogen) atoms. The summed E-state index contributed by atoms with van der Waals surface area (Å²) < 4.78 is 31.9. The lowest BCUT2D eigenvalue weighted by atomic mass is 10.1. The minimum Gasteiger partial charge on any atom is -0.467 e. The van der Waals surface area contributed by atoms with Gasteiger partial charge in [-0.25, -0.2) is 8.42 Å². The Balaban J connectivity index is 1.30. The molecule has 0 bridgehead atoms. The van der Waals surface area contributed by atoms with Crippen LogP contribution in [-0.4, -0.2) is 67.1 Å². The molecule has 2 aliphatic rings. The highest BCUT2D eigenvalue weighted by molar-refractivity contribution is 7.92. The van der Waals surface area contributed by atoms with Crippen LogP contribution in [0.25, 0.3) is 6.08 Å². The van der Waals surface area contributed by atoms with E-state index in [0.29, 0.717) is 31.9 Å². The van der Waals surface area contributed by atoms with Crippen LogP contribution in [0, 0.1) is 5.92 Å². The maximum absolute atomic E-state index is 12.9. The van der Waals surface area contributed by atoms with Crippen LogP contribution in [0.15, 0.2) is 58.6 Å². The van der Waals surface area contributed by atoms with Crippen molar-refractivity contribution in [3.05, 3.63) is 65.5 Å². The Morgan fingerprint density at radius 1 is 1.06 bits per heavy atom. The van der Waals surface area contributed by atoms with Crippen LogP contribution < -0.4 is 0 Å². The van der Waals surface area contributed by atoms with Crippen LogP contribution >= 0.6 is 0 Å². The Bertz CT molecular complexity index is 1040. The third-order valence-electron chi connectivity index (χ3n) is 5.63. The molecule has 0 saturated carbocycles. The van der Waals surface area contributed by atoms with E-state index in [-0.39, 0.29) is 31.3 Å². The van der Waals surface area contributed by atoms with Crippen molar-refractivity contribution in [1.29, 1.82) is 0 Å². The van der Waals surface area contributed by atoms with Crippen LogP contribution in [0.3, 0.4) is 0 Å². The molecular formula is C22H25N3O5S. The van der Waals surface area contributed by atoms with Crippen LogP contribution in [0.5, 0.6) is 0 Å². The van der Waals surface area contributed by atoms with E-state index in [1.165, 1.54) is 9.71 Å². The monoisotopic (exact) mass is 443 g/mol. The first-order valence-electron chi connectivity index (χ1n) is 10.2. The second kappa shape index (κ2) is 9.07. The normalized spacial score (nSPS) is 20.6. The van der Waals surface area contributed by atoms with Gasteiger partial charge in [-0.15, -0.1) is 0 Å². The number of amides is 2. The van der Waals surface area contributed by atoms with E-state index in [1.54, 1.807) is 34.3 Å². The number of nitrogens with zero attached hydrogens (tertiary/aromatic N) is 3. The molecule has 1 aromatic carbocycles. The summed E-state index contributed by atoms with van der Waals surface area (Å²) in [5.74, 6) is 0.126. The maximum atomic E-state index is 12.9. The molecule has 4 rings (SSSR count). The zero-order chi connectivity index (χ0) is 21.8. The van der Waals surface area contributed by atoms with E-state index < -0.39 is 15.9 Å². The van der Waals surface area contributed by atoms with Crippen molar-refractivity contribution < 1.29 is 22.4 Å². The van der Waals surface area contributed by atoms with Crippen LogP contribution in [0.4, 0.5) is 0 Å². The first kappa shape index (κ1) is 21.3. The second-order valence-corrected chi connectivity index (χ2v) is 9.56. The van der Waals surface area contributed by atoms with Gasteiger partial charge in [-0.3, -0.25) is 9.59 Å². The molecule has 0 radical (unpaired) electrons. The van der Waals surface area contributed by atoms with Crippen LogP contribution in [0.1, 0.15) is 17.7 Å². The molecule has 0 N–H and O–H groups in total. The minimum atomic E-state index is -3.55. The molecule has 2 fully saturated rings. The van der Waals surface area contributed by atoms with Gasteiger partial charge in [0.25, 0.3) is 0 Å². The van der Waals surface area contributed by atoms with Crippen molar-refractivity contribution in [1.82, 2.24) is 14.1 Å². The number of carbonyl (C=O) groups is 2. The molecule has 2 amide bonds. The van der Waals surface area contributed by atoms with E-state index >= 15 is 0 Å². The average molecular weight is 444 g/mol. The Kier molecular flexibility index (Phi) is 6.24. The average Bonchev–Trinajstić information content (AvgIpc) is 3.43. The molecule has 8 nitrogen and oxygen atoms in total.